The molecular weight excluding hydrogens is 377 g/mol. The van der Waals surface area contributed by atoms with E-state index < -0.39 is 0 Å². The van der Waals surface area contributed by atoms with Crippen molar-refractivity contribution in [2.24, 2.45) is 0 Å². The highest BCUT2D eigenvalue weighted by Crippen LogP contribution is 2.26. The van der Waals surface area contributed by atoms with Crippen molar-refractivity contribution >= 4 is 17.7 Å². The minimum absolute atomic E-state index is 0.0632. The average Bonchev–Trinajstić information content (AvgIpc) is 3.16. The summed E-state index contributed by atoms with van der Waals surface area (Å²) in [5, 5.41) is 10.9. The van der Waals surface area contributed by atoms with Crippen LogP contribution in [0.3, 0.4) is 0 Å². The number of amides is 1. The topological polar surface area (TPSA) is 68.0 Å². The first-order valence-electron chi connectivity index (χ1n) is 9.11. The van der Waals surface area contributed by atoms with Crippen molar-refractivity contribution in [2.75, 3.05) is 0 Å². The number of nitrogens with one attached hydrogen (secondary N) is 1. The number of carbonyl (C=O) groups is 1. The van der Waals surface area contributed by atoms with Gasteiger partial charge in [0.05, 0.1) is 5.25 Å². The van der Waals surface area contributed by atoms with Crippen LogP contribution in [0.5, 0.6) is 0 Å². The number of nitrogens with zero attached hydrogens (tertiary/aromatic N) is 2. The maximum Gasteiger partial charge on any atom is 0.277 e. The lowest BCUT2D eigenvalue weighted by Crippen LogP contribution is -2.37. The van der Waals surface area contributed by atoms with Crippen LogP contribution in [0.15, 0.2) is 64.2 Å². The van der Waals surface area contributed by atoms with E-state index in [4.69, 9.17) is 4.42 Å². The first-order chi connectivity index (χ1) is 13.5. The molecule has 2 aromatic carbocycles. The summed E-state index contributed by atoms with van der Waals surface area (Å²) < 4.78 is 18.6. The highest BCUT2D eigenvalue weighted by Gasteiger charge is 2.20. The molecule has 1 heterocycles. The third-order valence-electron chi connectivity index (χ3n) is 4.24. The van der Waals surface area contributed by atoms with Gasteiger partial charge in [-0.3, -0.25) is 4.79 Å². The summed E-state index contributed by atoms with van der Waals surface area (Å²) in [6.45, 7) is 3.79. The summed E-state index contributed by atoms with van der Waals surface area (Å²) in [6.07, 6.45) is 1.77. The third kappa shape index (κ3) is 5.66. The molecule has 0 radical (unpaired) electrons. The Hall–Kier alpha value is -2.67. The average molecular weight is 399 g/mol. The van der Waals surface area contributed by atoms with Crippen LogP contribution in [-0.2, 0) is 11.2 Å². The zero-order valence-corrected chi connectivity index (χ0v) is 16.6. The molecule has 1 amide bonds. The van der Waals surface area contributed by atoms with Gasteiger partial charge in [0.15, 0.2) is 0 Å². The minimum atomic E-state index is -0.374. The van der Waals surface area contributed by atoms with Gasteiger partial charge in [-0.15, -0.1) is 10.2 Å². The molecule has 1 aromatic heterocycles. The third-order valence-corrected chi connectivity index (χ3v) is 5.18. The molecule has 3 rings (SSSR count). The molecule has 146 valence electrons. The molecule has 5 nitrogen and oxygen atoms in total. The van der Waals surface area contributed by atoms with Crippen LogP contribution in [-0.4, -0.2) is 27.4 Å². The predicted molar refractivity (Wildman–Crippen MR) is 107 cm³/mol. The molecule has 2 atom stereocenters. The molecule has 2 unspecified atom stereocenters. The number of hydrogen-bond donors (Lipinski definition) is 1. The van der Waals surface area contributed by atoms with Crippen molar-refractivity contribution in [3.05, 3.63) is 66.0 Å². The van der Waals surface area contributed by atoms with Crippen molar-refractivity contribution in [1.29, 1.82) is 0 Å². The molecule has 0 bridgehead atoms. The Morgan fingerprint density at radius 1 is 1.11 bits per heavy atom. The zero-order chi connectivity index (χ0) is 19.9. The fourth-order valence-electron chi connectivity index (χ4n) is 2.63. The zero-order valence-electron chi connectivity index (χ0n) is 15.8. The first kappa shape index (κ1) is 20.1. The highest BCUT2D eigenvalue weighted by atomic mass is 32.2. The van der Waals surface area contributed by atoms with Crippen LogP contribution >= 0.6 is 11.8 Å². The van der Waals surface area contributed by atoms with Crippen LogP contribution in [0, 0.1) is 5.82 Å². The fourth-order valence-corrected chi connectivity index (χ4v) is 3.32. The molecule has 0 saturated carbocycles. The van der Waals surface area contributed by atoms with E-state index in [-0.39, 0.29) is 23.0 Å². The van der Waals surface area contributed by atoms with E-state index in [1.807, 2.05) is 25.1 Å². The second-order valence-corrected chi connectivity index (χ2v) is 7.87. The van der Waals surface area contributed by atoms with Gasteiger partial charge in [-0.25, -0.2) is 4.39 Å². The summed E-state index contributed by atoms with van der Waals surface area (Å²) in [5.74, 6) is -0.108. The van der Waals surface area contributed by atoms with E-state index in [9.17, 15) is 9.18 Å². The monoisotopic (exact) mass is 399 g/mol. The van der Waals surface area contributed by atoms with Crippen molar-refractivity contribution in [1.82, 2.24) is 15.5 Å². The minimum Gasteiger partial charge on any atom is -0.411 e. The van der Waals surface area contributed by atoms with Crippen LogP contribution in [0.2, 0.25) is 0 Å². The number of thioether (sulfide) groups is 1. The summed E-state index contributed by atoms with van der Waals surface area (Å²) in [6, 6.07) is 16.1. The SMILES string of the molecule is CC(CCc1ccccc1)NC(=O)C(C)Sc1nnc(-c2ccc(F)cc2)o1. The number of aryl methyl sites for hydroxylation is 1. The number of halogens is 1. The van der Waals surface area contributed by atoms with Gasteiger partial charge in [0.1, 0.15) is 5.82 Å². The Morgan fingerprint density at radius 3 is 2.54 bits per heavy atom. The summed E-state index contributed by atoms with van der Waals surface area (Å²) in [5.41, 5.74) is 1.89. The number of rotatable bonds is 8. The molecule has 28 heavy (non-hydrogen) atoms. The molecule has 0 spiro atoms. The van der Waals surface area contributed by atoms with Crippen LogP contribution in [0.25, 0.3) is 11.5 Å². The molecule has 1 N–H and O–H groups in total. The Balaban J connectivity index is 1.49. The van der Waals surface area contributed by atoms with Gasteiger partial charge < -0.3 is 9.73 Å². The number of carbonyl (C=O) groups excluding carboxylic acids is 1. The Morgan fingerprint density at radius 2 is 1.82 bits per heavy atom. The van der Waals surface area contributed by atoms with Crippen molar-refractivity contribution in [3.8, 4) is 11.5 Å². The standard InChI is InChI=1S/C21H22FN3O2S/c1-14(8-9-16-6-4-3-5-7-16)23-19(26)15(2)28-21-25-24-20(27-21)17-10-12-18(22)13-11-17/h3-7,10-15H,8-9H2,1-2H3,(H,23,26). The van der Waals surface area contributed by atoms with Crippen LogP contribution < -0.4 is 5.32 Å². The molecule has 3 aromatic rings. The van der Waals surface area contributed by atoms with Crippen LogP contribution in [0.1, 0.15) is 25.8 Å². The van der Waals surface area contributed by atoms with Gasteiger partial charge in [0.2, 0.25) is 11.8 Å². The maximum atomic E-state index is 13.0. The lowest BCUT2D eigenvalue weighted by Gasteiger charge is -2.16. The molecule has 7 heteroatoms. The molecule has 0 aliphatic rings. The van der Waals surface area contributed by atoms with E-state index in [0.29, 0.717) is 16.7 Å². The quantitative estimate of drug-likeness (QED) is 0.565. The van der Waals surface area contributed by atoms with Crippen molar-refractivity contribution in [3.63, 3.8) is 0 Å². The van der Waals surface area contributed by atoms with Gasteiger partial charge >= 0.3 is 0 Å². The Labute approximate surface area is 167 Å². The van der Waals surface area contributed by atoms with Gasteiger partial charge in [0, 0.05) is 11.6 Å². The molecule has 0 aliphatic heterocycles. The van der Waals surface area contributed by atoms with E-state index >= 15 is 0 Å². The largest absolute Gasteiger partial charge is 0.411 e. The second-order valence-electron chi connectivity index (χ2n) is 6.57. The van der Waals surface area contributed by atoms with Crippen molar-refractivity contribution < 1.29 is 13.6 Å². The van der Waals surface area contributed by atoms with E-state index in [2.05, 4.69) is 27.6 Å². The highest BCUT2D eigenvalue weighted by molar-refractivity contribution is 8.00. The Kier molecular flexibility index (Phi) is 6.81. The number of benzene rings is 2. The van der Waals surface area contributed by atoms with Crippen LogP contribution in [0.4, 0.5) is 4.39 Å². The number of aromatic nitrogens is 2. The Bertz CT molecular complexity index is 900. The summed E-state index contributed by atoms with van der Waals surface area (Å²) >= 11 is 1.20. The van der Waals surface area contributed by atoms with Gasteiger partial charge in [0.25, 0.3) is 5.22 Å². The summed E-state index contributed by atoms with van der Waals surface area (Å²) in [7, 11) is 0. The molecular formula is C21H22FN3O2S. The summed E-state index contributed by atoms with van der Waals surface area (Å²) in [4.78, 5) is 12.4. The lowest BCUT2D eigenvalue weighted by molar-refractivity contribution is -0.120. The second kappa shape index (κ2) is 9.50. The number of hydrogen-bond acceptors (Lipinski definition) is 5. The fraction of sp³-hybridized carbons (Fsp3) is 0.286. The smallest absolute Gasteiger partial charge is 0.277 e. The molecule has 0 aliphatic carbocycles. The van der Waals surface area contributed by atoms with Gasteiger partial charge in [-0.2, -0.15) is 0 Å². The first-order valence-corrected chi connectivity index (χ1v) is 9.99. The van der Waals surface area contributed by atoms with Crippen molar-refractivity contribution in [2.45, 2.75) is 43.2 Å². The predicted octanol–water partition coefficient (Wildman–Crippen LogP) is 4.49. The van der Waals surface area contributed by atoms with E-state index in [1.54, 1.807) is 19.1 Å². The lowest BCUT2D eigenvalue weighted by atomic mass is 10.1. The van der Waals surface area contributed by atoms with E-state index in [0.717, 1.165) is 12.8 Å². The molecule has 0 fully saturated rings. The maximum absolute atomic E-state index is 13.0. The van der Waals surface area contributed by atoms with Gasteiger partial charge in [-0.1, -0.05) is 42.1 Å². The van der Waals surface area contributed by atoms with Gasteiger partial charge in [-0.05, 0) is 56.5 Å². The normalized spacial score (nSPS) is 13.1. The van der Waals surface area contributed by atoms with E-state index in [1.165, 1.54) is 29.5 Å². The molecule has 0 saturated heterocycles.